The van der Waals surface area contributed by atoms with Gasteiger partial charge >= 0.3 is 0 Å². The van der Waals surface area contributed by atoms with Crippen LogP contribution in [0, 0.1) is 0 Å². The lowest BCUT2D eigenvalue weighted by Crippen LogP contribution is -2.38. The van der Waals surface area contributed by atoms with Gasteiger partial charge in [0.1, 0.15) is 11.5 Å². The van der Waals surface area contributed by atoms with Gasteiger partial charge in [-0.1, -0.05) is 0 Å². The number of carbonyl (C=O) groups excluding carboxylic acids is 1. The molecular weight excluding hydrogens is 618 g/mol. The zero-order valence-electron chi connectivity index (χ0n) is 25.1. The van der Waals surface area contributed by atoms with Gasteiger partial charge in [0.15, 0.2) is 5.76 Å². The van der Waals surface area contributed by atoms with E-state index in [1.807, 2.05) is 41.2 Å². The number of ether oxygens (including phenoxy) is 4. The highest BCUT2D eigenvalue weighted by Gasteiger charge is 2.30. The molecule has 240 valence electrons. The van der Waals surface area contributed by atoms with E-state index in [1.54, 1.807) is 36.7 Å². The van der Waals surface area contributed by atoms with E-state index in [9.17, 15) is 18.3 Å². The molecule has 3 N–H and O–H groups in total. The predicted molar refractivity (Wildman–Crippen MR) is 171 cm³/mol. The van der Waals surface area contributed by atoms with Crippen molar-refractivity contribution in [1.29, 1.82) is 0 Å². The first-order valence-corrected chi connectivity index (χ1v) is 16.9. The van der Waals surface area contributed by atoms with Gasteiger partial charge in [0, 0.05) is 49.1 Å². The second-order valence-electron chi connectivity index (χ2n) is 10.4. The molecule has 3 heterocycles. The number of fused-ring (bicyclic) bond motifs is 1. The highest BCUT2D eigenvalue weighted by molar-refractivity contribution is 7.89. The number of methoxy groups -OCH3 is 2. The van der Waals surface area contributed by atoms with Crippen molar-refractivity contribution in [2.45, 2.75) is 29.9 Å². The lowest BCUT2D eigenvalue weighted by atomic mass is 9.95. The number of hydrogen-bond donors (Lipinski definition) is 3. The Morgan fingerprint density at radius 3 is 2.60 bits per heavy atom. The van der Waals surface area contributed by atoms with Crippen LogP contribution in [0.2, 0.25) is 0 Å². The number of aliphatic hydroxyl groups excluding tert-OH is 1. The first-order chi connectivity index (χ1) is 21.8. The Morgan fingerprint density at radius 2 is 1.89 bits per heavy atom. The van der Waals surface area contributed by atoms with E-state index in [0.29, 0.717) is 25.1 Å². The maximum absolute atomic E-state index is 13.3. The first kappa shape index (κ1) is 32.5. The molecule has 0 unspecified atom stereocenters. The summed E-state index contributed by atoms with van der Waals surface area (Å²) in [7, 11) is -0.766. The number of carbonyl (C=O) groups is 1. The molecule has 2 atom stereocenters. The van der Waals surface area contributed by atoms with Gasteiger partial charge in [-0.15, -0.1) is 0 Å². The van der Waals surface area contributed by atoms with Crippen molar-refractivity contribution in [2.24, 2.45) is 0 Å². The minimum atomic E-state index is -3.89. The van der Waals surface area contributed by atoms with E-state index in [-0.39, 0.29) is 48.8 Å². The Hall–Kier alpha value is -3.88. The topological polar surface area (TPSA) is 139 Å². The SMILES string of the molecule is COc1ccc(S(=O)(=O)N(CCO)CCO[C@@H]2C[C@H](c3ccsc3)C=C(C(=O)NCCc3c[nH]c4ccc(OC)cc34)O2)cc1. The van der Waals surface area contributed by atoms with Crippen LogP contribution in [0.25, 0.3) is 10.9 Å². The number of sulfonamides is 1. The Labute approximate surface area is 266 Å². The van der Waals surface area contributed by atoms with Crippen molar-refractivity contribution >= 4 is 38.2 Å². The Morgan fingerprint density at radius 1 is 1.11 bits per heavy atom. The molecule has 0 spiro atoms. The molecule has 0 aliphatic carbocycles. The molecule has 4 aromatic rings. The molecule has 11 nitrogen and oxygen atoms in total. The molecule has 0 radical (unpaired) electrons. The molecule has 45 heavy (non-hydrogen) atoms. The standard InChI is InChI=1S/C32H37N3O8S2/c1-40-25-3-6-27(7-4-25)45(38,39)35(12-14-36)13-15-42-31-18-24(23-10-16-44-21-23)17-30(43-31)32(37)33-11-9-22-20-34-29-8-5-26(41-2)19-28(22)29/h3-8,10,16-17,19-21,24,31,34,36H,9,11-15,18H2,1-2H3,(H,33,37)/t24-,31+/m1/s1. The lowest BCUT2D eigenvalue weighted by molar-refractivity contribution is -0.146. The first-order valence-electron chi connectivity index (χ1n) is 14.5. The van der Waals surface area contributed by atoms with Gasteiger partial charge in [-0.05, 0) is 82.9 Å². The maximum Gasteiger partial charge on any atom is 0.286 e. The molecule has 1 aliphatic heterocycles. The second kappa shape index (κ2) is 14.9. The van der Waals surface area contributed by atoms with E-state index >= 15 is 0 Å². The Bertz CT molecular complexity index is 1700. The number of rotatable bonds is 15. The molecule has 13 heteroatoms. The van der Waals surface area contributed by atoms with E-state index in [1.165, 1.54) is 19.2 Å². The molecule has 1 aliphatic rings. The number of thiophene rings is 1. The average Bonchev–Trinajstić information content (AvgIpc) is 3.75. The van der Waals surface area contributed by atoms with Gasteiger partial charge < -0.3 is 34.4 Å². The van der Waals surface area contributed by atoms with Gasteiger partial charge in [0.05, 0.1) is 32.3 Å². The van der Waals surface area contributed by atoms with Crippen molar-refractivity contribution in [1.82, 2.24) is 14.6 Å². The van der Waals surface area contributed by atoms with Gasteiger partial charge in [-0.2, -0.15) is 15.6 Å². The van der Waals surface area contributed by atoms with Crippen molar-refractivity contribution in [2.75, 3.05) is 47.1 Å². The third-order valence-electron chi connectivity index (χ3n) is 7.60. The predicted octanol–water partition coefficient (Wildman–Crippen LogP) is 4.02. The number of nitrogens with zero attached hydrogens (tertiary/aromatic N) is 1. The molecular formula is C32H37N3O8S2. The fraction of sp³-hybridized carbons (Fsp3) is 0.344. The minimum absolute atomic E-state index is 0.00463. The fourth-order valence-electron chi connectivity index (χ4n) is 5.17. The number of allylic oxidation sites excluding steroid dienone is 1. The zero-order valence-corrected chi connectivity index (χ0v) is 26.7. The number of amides is 1. The molecule has 0 bridgehead atoms. The van der Waals surface area contributed by atoms with Crippen LogP contribution in [0.4, 0.5) is 0 Å². The minimum Gasteiger partial charge on any atom is -0.497 e. The van der Waals surface area contributed by atoms with E-state index in [2.05, 4.69) is 10.3 Å². The smallest absolute Gasteiger partial charge is 0.286 e. The summed E-state index contributed by atoms with van der Waals surface area (Å²) in [5.41, 5.74) is 3.08. The molecule has 0 fully saturated rings. The van der Waals surface area contributed by atoms with Crippen LogP contribution in [0.5, 0.6) is 11.5 Å². The number of aromatic amines is 1. The molecule has 1 amide bonds. The number of H-pyrrole nitrogens is 1. The second-order valence-corrected chi connectivity index (χ2v) is 13.1. The summed E-state index contributed by atoms with van der Waals surface area (Å²) < 4.78 is 50.1. The highest BCUT2D eigenvalue weighted by Crippen LogP contribution is 2.33. The van der Waals surface area contributed by atoms with Gasteiger partial charge in [0.25, 0.3) is 5.91 Å². The summed E-state index contributed by atoms with van der Waals surface area (Å²) in [4.78, 5) is 16.6. The van der Waals surface area contributed by atoms with Gasteiger partial charge in [0.2, 0.25) is 16.3 Å². The largest absolute Gasteiger partial charge is 0.497 e. The molecule has 2 aromatic carbocycles. The van der Waals surface area contributed by atoms with Crippen LogP contribution in [0.15, 0.2) is 82.2 Å². The number of hydrogen-bond acceptors (Lipinski definition) is 9. The van der Waals surface area contributed by atoms with Crippen LogP contribution in [0.3, 0.4) is 0 Å². The van der Waals surface area contributed by atoms with Crippen LogP contribution >= 0.6 is 11.3 Å². The van der Waals surface area contributed by atoms with Crippen LogP contribution < -0.4 is 14.8 Å². The maximum atomic E-state index is 13.3. The zero-order chi connectivity index (χ0) is 31.8. The number of aliphatic hydroxyl groups is 1. The normalized spacial score (nSPS) is 16.8. The number of aromatic nitrogens is 1. The third-order valence-corrected chi connectivity index (χ3v) is 10.2. The molecule has 2 aromatic heterocycles. The highest BCUT2D eigenvalue weighted by atomic mass is 32.2. The van der Waals surface area contributed by atoms with Crippen LogP contribution in [-0.4, -0.2) is 82.1 Å². The van der Waals surface area contributed by atoms with Crippen LogP contribution in [0.1, 0.15) is 23.5 Å². The summed E-state index contributed by atoms with van der Waals surface area (Å²) >= 11 is 1.56. The van der Waals surface area contributed by atoms with Crippen molar-refractivity contribution in [3.63, 3.8) is 0 Å². The molecule has 0 saturated carbocycles. The van der Waals surface area contributed by atoms with Gasteiger partial charge in [-0.3, -0.25) is 4.79 Å². The Balaban J connectivity index is 1.21. The summed E-state index contributed by atoms with van der Waals surface area (Å²) in [6.07, 6.45) is 4.01. The quantitative estimate of drug-likeness (QED) is 0.175. The monoisotopic (exact) mass is 655 g/mol. The van der Waals surface area contributed by atoms with Crippen molar-refractivity contribution < 1.29 is 37.3 Å². The average molecular weight is 656 g/mol. The van der Waals surface area contributed by atoms with Crippen molar-refractivity contribution in [3.8, 4) is 11.5 Å². The van der Waals surface area contributed by atoms with E-state index in [0.717, 1.165) is 32.1 Å². The summed E-state index contributed by atoms with van der Waals surface area (Å²) in [5.74, 6) is 0.975. The number of benzene rings is 2. The fourth-order valence-corrected chi connectivity index (χ4v) is 7.31. The summed E-state index contributed by atoms with van der Waals surface area (Å²) in [6, 6.07) is 13.9. The Kier molecular flexibility index (Phi) is 10.8. The van der Waals surface area contributed by atoms with Crippen molar-refractivity contribution in [3.05, 3.63) is 88.4 Å². The third kappa shape index (κ3) is 7.86. The number of nitrogens with one attached hydrogen (secondary N) is 2. The summed E-state index contributed by atoms with van der Waals surface area (Å²) in [6.45, 7) is -0.0855. The van der Waals surface area contributed by atoms with Gasteiger partial charge in [-0.25, -0.2) is 8.42 Å². The molecule has 0 saturated heterocycles. The summed E-state index contributed by atoms with van der Waals surface area (Å²) in [5, 5.41) is 17.6. The van der Waals surface area contributed by atoms with E-state index in [4.69, 9.17) is 18.9 Å². The lowest BCUT2D eigenvalue weighted by Gasteiger charge is -2.29. The van der Waals surface area contributed by atoms with Crippen LogP contribution in [-0.2, 0) is 30.7 Å². The molecule has 5 rings (SSSR count). The van der Waals surface area contributed by atoms with E-state index < -0.39 is 16.3 Å².